The highest BCUT2D eigenvalue weighted by Crippen LogP contribution is 2.22. The van der Waals surface area contributed by atoms with Crippen molar-refractivity contribution in [2.45, 2.75) is 19.4 Å². The summed E-state index contributed by atoms with van der Waals surface area (Å²) in [7, 11) is 3.40. The third-order valence-electron chi connectivity index (χ3n) is 3.62. The lowest BCUT2D eigenvalue weighted by Crippen LogP contribution is -2.39. The fraction of sp³-hybridized carbons (Fsp3) is 0.412. The number of hydrogen-bond acceptors (Lipinski definition) is 3. The molecule has 0 aliphatic carbocycles. The van der Waals surface area contributed by atoms with Crippen molar-refractivity contribution in [3.63, 3.8) is 0 Å². The lowest BCUT2D eigenvalue weighted by Gasteiger charge is -2.12. The van der Waals surface area contributed by atoms with E-state index in [2.05, 4.69) is 25.2 Å². The van der Waals surface area contributed by atoms with E-state index in [1.807, 2.05) is 30.7 Å². The molecule has 0 radical (unpaired) electrons. The zero-order chi connectivity index (χ0) is 17.2. The van der Waals surface area contributed by atoms with Crippen LogP contribution >= 0.6 is 11.6 Å². The number of aryl methyl sites for hydroxylation is 1. The zero-order valence-electron chi connectivity index (χ0n) is 14.1. The van der Waals surface area contributed by atoms with E-state index in [4.69, 9.17) is 16.3 Å². The van der Waals surface area contributed by atoms with Crippen molar-refractivity contribution in [1.29, 1.82) is 0 Å². The number of rotatable bonds is 8. The number of ether oxygens (including phenoxy) is 1. The Bertz CT molecular complexity index is 642. The molecular weight excluding hydrogens is 326 g/mol. The molecule has 7 heteroatoms. The predicted octanol–water partition coefficient (Wildman–Crippen LogP) is 2.34. The Labute approximate surface area is 147 Å². The topological polar surface area (TPSA) is 63.5 Å². The van der Waals surface area contributed by atoms with Crippen LogP contribution in [0.3, 0.4) is 0 Å². The third-order valence-corrected chi connectivity index (χ3v) is 3.97. The highest BCUT2D eigenvalue weighted by molar-refractivity contribution is 6.31. The maximum Gasteiger partial charge on any atom is 0.190 e. The van der Waals surface area contributed by atoms with Crippen molar-refractivity contribution in [2.75, 3.05) is 27.2 Å². The van der Waals surface area contributed by atoms with Gasteiger partial charge >= 0.3 is 0 Å². The molecule has 1 aromatic heterocycles. The number of guanidine groups is 1. The van der Waals surface area contributed by atoms with Gasteiger partial charge in [0, 0.05) is 44.1 Å². The summed E-state index contributed by atoms with van der Waals surface area (Å²) in [5.41, 5.74) is 1.08. The maximum atomic E-state index is 6.25. The van der Waals surface area contributed by atoms with E-state index in [1.54, 1.807) is 20.4 Å². The average molecular weight is 350 g/mol. The van der Waals surface area contributed by atoms with Crippen molar-refractivity contribution in [1.82, 2.24) is 20.2 Å². The van der Waals surface area contributed by atoms with Crippen LogP contribution in [0.1, 0.15) is 12.0 Å². The molecule has 2 N–H and O–H groups in total. The van der Waals surface area contributed by atoms with E-state index in [0.717, 1.165) is 54.8 Å². The molecule has 0 amide bonds. The fourth-order valence-electron chi connectivity index (χ4n) is 2.28. The Morgan fingerprint density at radius 1 is 1.33 bits per heavy atom. The van der Waals surface area contributed by atoms with Gasteiger partial charge in [-0.2, -0.15) is 0 Å². The summed E-state index contributed by atoms with van der Waals surface area (Å²) in [6.45, 7) is 2.54. The number of aromatic nitrogens is 2. The molecule has 0 saturated carbocycles. The Balaban J connectivity index is 1.67. The second kappa shape index (κ2) is 9.82. The number of imidazole rings is 1. The minimum absolute atomic E-state index is 0.722. The molecule has 2 rings (SSSR count). The summed E-state index contributed by atoms with van der Waals surface area (Å²) in [6.07, 6.45) is 7.40. The normalized spacial score (nSPS) is 11.4. The molecule has 0 fully saturated rings. The third kappa shape index (κ3) is 5.77. The van der Waals surface area contributed by atoms with Gasteiger partial charge < -0.3 is 19.9 Å². The van der Waals surface area contributed by atoms with E-state index in [9.17, 15) is 0 Å². The molecule has 6 nitrogen and oxygen atoms in total. The summed E-state index contributed by atoms with van der Waals surface area (Å²) in [5.74, 6) is 1.57. The first kappa shape index (κ1) is 18.1. The molecule has 0 aliphatic heterocycles. The molecule has 0 aliphatic rings. The smallest absolute Gasteiger partial charge is 0.190 e. The van der Waals surface area contributed by atoms with Crippen LogP contribution in [0.5, 0.6) is 5.75 Å². The number of benzene rings is 1. The summed E-state index contributed by atoms with van der Waals surface area (Å²) in [4.78, 5) is 8.25. The molecule has 0 saturated heterocycles. The molecular formula is C17H24ClN5O. The number of aliphatic imine (C=N–C) groups is 1. The largest absolute Gasteiger partial charge is 0.497 e. The zero-order valence-corrected chi connectivity index (χ0v) is 14.9. The Morgan fingerprint density at radius 3 is 2.83 bits per heavy atom. The lowest BCUT2D eigenvalue weighted by molar-refractivity contribution is 0.414. The fourth-order valence-corrected chi connectivity index (χ4v) is 2.55. The molecule has 1 aromatic carbocycles. The first-order valence-electron chi connectivity index (χ1n) is 7.95. The van der Waals surface area contributed by atoms with Crippen molar-refractivity contribution in [2.24, 2.45) is 4.99 Å². The van der Waals surface area contributed by atoms with Crippen molar-refractivity contribution >= 4 is 17.6 Å². The molecule has 24 heavy (non-hydrogen) atoms. The van der Waals surface area contributed by atoms with Gasteiger partial charge in [0.2, 0.25) is 0 Å². The highest BCUT2D eigenvalue weighted by atomic mass is 35.5. The summed E-state index contributed by atoms with van der Waals surface area (Å²) in [5, 5.41) is 7.32. The van der Waals surface area contributed by atoms with Crippen LogP contribution in [-0.4, -0.2) is 42.8 Å². The van der Waals surface area contributed by atoms with Gasteiger partial charge in [-0.3, -0.25) is 4.99 Å². The van der Waals surface area contributed by atoms with Crippen molar-refractivity contribution in [3.05, 3.63) is 47.5 Å². The molecule has 0 atom stereocenters. The van der Waals surface area contributed by atoms with Crippen LogP contribution in [-0.2, 0) is 13.0 Å². The summed E-state index contributed by atoms with van der Waals surface area (Å²) < 4.78 is 7.22. The van der Waals surface area contributed by atoms with E-state index in [1.165, 1.54) is 0 Å². The van der Waals surface area contributed by atoms with Gasteiger partial charge in [-0.25, -0.2) is 4.98 Å². The van der Waals surface area contributed by atoms with Crippen LogP contribution < -0.4 is 15.4 Å². The number of nitrogens with zero attached hydrogens (tertiary/aromatic N) is 3. The minimum Gasteiger partial charge on any atom is -0.497 e. The van der Waals surface area contributed by atoms with Crippen LogP contribution in [0.2, 0.25) is 5.02 Å². The number of methoxy groups -OCH3 is 1. The molecule has 0 unspecified atom stereocenters. The highest BCUT2D eigenvalue weighted by Gasteiger charge is 2.03. The second-order valence-corrected chi connectivity index (χ2v) is 5.69. The monoisotopic (exact) mass is 349 g/mol. The quantitative estimate of drug-likeness (QED) is 0.436. The first-order chi connectivity index (χ1) is 11.7. The van der Waals surface area contributed by atoms with Gasteiger partial charge in [0.25, 0.3) is 0 Å². The first-order valence-corrected chi connectivity index (χ1v) is 8.33. The van der Waals surface area contributed by atoms with E-state index in [-0.39, 0.29) is 0 Å². The summed E-state index contributed by atoms with van der Waals surface area (Å²) >= 11 is 6.25. The van der Waals surface area contributed by atoms with Gasteiger partial charge in [-0.15, -0.1) is 0 Å². The van der Waals surface area contributed by atoms with Crippen LogP contribution in [0, 0.1) is 0 Å². The second-order valence-electron chi connectivity index (χ2n) is 5.29. The minimum atomic E-state index is 0.722. The van der Waals surface area contributed by atoms with Gasteiger partial charge in [-0.1, -0.05) is 17.7 Å². The predicted molar refractivity (Wildman–Crippen MR) is 97.9 cm³/mol. The standard InChI is InChI=1S/C17H24ClN5O/c1-19-17(21-7-3-10-23-11-9-20-13-23)22-8-6-14-4-5-15(24-2)12-16(14)18/h4-5,9,11-13H,3,6-8,10H2,1-2H3,(H2,19,21,22). The maximum absolute atomic E-state index is 6.25. The average Bonchev–Trinajstić information content (AvgIpc) is 3.11. The number of nitrogens with one attached hydrogen (secondary N) is 2. The van der Waals surface area contributed by atoms with Gasteiger partial charge in [0.05, 0.1) is 13.4 Å². The Kier molecular flexibility index (Phi) is 7.42. The van der Waals surface area contributed by atoms with Gasteiger partial charge in [-0.05, 0) is 30.5 Å². The van der Waals surface area contributed by atoms with E-state index < -0.39 is 0 Å². The molecule has 0 bridgehead atoms. The molecule has 1 heterocycles. The van der Waals surface area contributed by atoms with Gasteiger partial charge in [0.1, 0.15) is 5.75 Å². The number of hydrogen-bond donors (Lipinski definition) is 2. The lowest BCUT2D eigenvalue weighted by atomic mass is 10.1. The Morgan fingerprint density at radius 2 is 2.17 bits per heavy atom. The SMILES string of the molecule is CN=C(NCCCn1ccnc1)NCCc1ccc(OC)cc1Cl. The van der Waals surface area contributed by atoms with Crippen LogP contribution in [0.4, 0.5) is 0 Å². The van der Waals surface area contributed by atoms with Crippen molar-refractivity contribution < 1.29 is 4.74 Å². The van der Waals surface area contributed by atoms with E-state index >= 15 is 0 Å². The van der Waals surface area contributed by atoms with Crippen molar-refractivity contribution in [3.8, 4) is 5.75 Å². The van der Waals surface area contributed by atoms with Gasteiger partial charge in [0.15, 0.2) is 5.96 Å². The molecule has 130 valence electrons. The molecule has 2 aromatic rings. The number of halogens is 1. The van der Waals surface area contributed by atoms with Crippen LogP contribution in [0.15, 0.2) is 41.9 Å². The van der Waals surface area contributed by atoms with E-state index in [0.29, 0.717) is 0 Å². The Hall–Kier alpha value is -2.21. The molecule has 0 spiro atoms. The summed E-state index contributed by atoms with van der Waals surface area (Å²) in [6, 6.07) is 5.74. The van der Waals surface area contributed by atoms with Crippen LogP contribution in [0.25, 0.3) is 0 Å².